The lowest BCUT2D eigenvalue weighted by atomic mass is 10.3. The fourth-order valence-electron chi connectivity index (χ4n) is 1.42. The van der Waals surface area contributed by atoms with Gasteiger partial charge in [-0.05, 0) is 22.4 Å². The van der Waals surface area contributed by atoms with Crippen molar-refractivity contribution >= 4 is 38.8 Å². The maximum Gasteiger partial charge on any atom is 0.321 e. The molecular formula is C9H10N4O5S2. The molecule has 9 nitrogen and oxygen atoms in total. The van der Waals surface area contributed by atoms with Gasteiger partial charge in [-0.1, -0.05) is 0 Å². The van der Waals surface area contributed by atoms with Gasteiger partial charge in [0.05, 0.1) is 0 Å². The molecule has 0 aliphatic carbocycles. The maximum absolute atomic E-state index is 11.4. The van der Waals surface area contributed by atoms with Crippen LogP contribution < -0.4 is 10.9 Å². The van der Waals surface area contributed by atoms with Gasteiger partial charge in [0.2, 0.25) is 10.0 Å². The van der Waals surface area contributed by atoms with E-state index in [-0.39, 0.29) is 21.7 Å². The third-order valence-electron chi connectivity index (χ3n) is 2.38. The normalized spacial score (nSPS) is 13.5. The minimum atomic E-state index is -3.95. The zero-order valence-corrected chi connectivity index (χ0v) is 11.5. The lowest BCUT2D eigenvalue weighted by Gasteiger charge is -2.06. The van der Waals surface area contributed by atoms with Crippen LogP contribution in [0.4, 0.5) is 0 Å². The number of carbonyl (C=O) groups is 1. The van der Waals surface area contributed by atoms with E-state index >= 15 is 0 Å². The van der Waals surface area contributed by atoms with Crippen LogP contribution in [0, 0.1) is 0 Å². The quantitative estimate of drug-likeness (QED) is 0.609. The first-order valence-electron chi connectivity index (χ1n) is 5.20. The van der Waals surface area contributed by atoms with E-state index in [2.05, 4.69) is 14.9 Å². The van der Waals surface area contributed by atoms with Gasteiger partial charge in [0.1, 0.15) is 16.5 Å². The summed E-state index contributed by atoms with van der Waals surface area (Å²) in [4.78, 5) is 10.9. The highest BCUT2D eigenvalue weighted by atomic mass is 32.2. The minimum absolute atomic E-state index is 0.00129. The molecule has 0 saturated carbocycles. The summed E-state index contributed by atoms with van der Waals surface area (Å²) in [6.07, 6.45) is 0. The third kappa shape index (κ3) is 2.90. The first-order chi connectivity index (χ1) is 9.30. The second-order valence-electron chi connectivity index (χ2n) is 3.82. The van der Waals surface area contributed by atoms with E-state index in [9.17, 15) is 13.2 Å². The number of primary sulfonamides is 1. The zero-order chi connectivity index (χ0) is 14.9. The van der Waals surface area contributed by atoms with Crippen molar-refractivity contribution in [3.63, 3.8) is 0 Å². The Kier molecular flexibility index (Phi) is 3.94. The molecule has 0 saturated heterocycles. The molecule has 0 bridgehead atoms. The molecule has 11 heteroatoms. The highest BCUT2D eigenvalue weighted by Crippen LogP contribution is 2.29. The van der Waals surface area contributed by atoms with E-state index in [4.69, 9.17) is 16.0 Å². The van der Waals surface area contributed by atoms with E-state index in [1.54, 1.807) is 0 Å². The summed E-state index contributed by atoms with van der Waals surface area (Å²) < 4.78 is 27.3. The van der Waals surface area contributed by atoms with Crippen molar-refractivity contribution in [3.05, 3.63) is 12.1 Å². The Bertz CT molecular complexity index is 757. The van der Waals surface area contributed by atoms with Crippen LogP contribution in [0.1, 0.15) is 0 Å². The number of hydrogen-bond acceptors (Lipinski definition) is 8. The summed E-state index contributed by atoms with van der Waals surface area (Å²) in [6.45, 7) is 0. The molecule has 0 spiro atoms. The number of sulfonamides is 1. The van der Waals surface area contributed by atoms with Crippen LogP contribution in [-0.4, -0.2) is 41.6 Å². The average Bonchev–Trinajstić information content (AvgIpc) is 2.82. The number of rotatable bonds is 5. The largest absolute Gasteiger partial charge is 0.480 e. The van der Waals surface area contributed by atoms with Crippen molar-refractivity contribution in [2.24, 2.45) is 10.9 Å². The van der Waals surface area contributed by atoms with Crippen LogP contribution in [0.3, 0.4) is 0 Å². The Balaban J connectivity index is 2.38. The van der Waals surface area contributed by atoms with Crippen molar-refractivity contribution in [1.82, 2.24) is 10.3 Å². The molecule has 2 aromatic rings. The van der Waals surface area contributed by atoms with Gasteiger partial charge >= 0.3 is 5.97 Å². The van der Waals surface area contributed by atoms with E-state index in [1.807, 2.05) is 0 Å². The number of aromatic nitrogens is 2. The van der Waals surface area contributed by atoms with Crippen LogP contribution >= 0.6 is 11.8 Å². The second kappa shape index (κ2) is 5.36. The summed E-state index contributed by atoms with van der Waals surface area (Å²) >= 11 is 1.11. The standard InChI is InChI=1S/C9H10N4O5S2/c10-4(9(14)15)3-19-5-1-2-6(20(11,16)17)8-7(5)12-18-13-8/h1-2,4H,3,10H2,(H,14,15)(H2,11,16,17)/t4-/m0/s1. The lowest BCUT2D eigenvalue weighted by Crippen LogP contribution is -2.32. The summed E-state index contributed by atoms with van der Waals surface area (Å²) in [5.74, 6) is -1.04. The van der Waals surface area contributed by atoms with Gasteiger partial charge in [-0.2, -0.15) is 0 Å². The molecule has 0 aliphatic rings. The average molecular weight is 318 g/mol. The molecule has 0 amide bonds. The van der Waals surface area contributed by atoms with E-state index < -0.39 is 22.0 Å². The molecule has 0 radical (unpaired) electrons. The molecule has 1 atom stereocenters. The molecule has 0 unspecified atom stereocenters. The predicted molar refractivity (Wildman–Crippen MR) is 69.5 cm³/mol. The molecule has 0 aliphatic heterocycles. The van der Waals surface area contributed by atoms with Gasteiger partial charge in [-0.3, -0.25) is 4.79 Å². The number of hydrogen-bond donors (Lipinski definition) is 3. The van der Waals surface area contributed by atoms with E-state index in [1.165, 1.54) is 12.1 Å². The maximum atomic E-state index is 11.4. The van der Waals surface area contributed by atoms with Crippen molar-refractivity contribution < 1.29 is 22.9 Å². The van der Waals surface area contributed by atoms with Gasteiger partial charge in [0, 0.05) is 10.6 Å². The Morgan fingerprint density at radius 2 is 2.05 bits per heavy atom. The first kappa shape index (κ1) is 14.7. The highest BCUT2D eigenvalue weighted by molar-refractivity contribution is 7.99. The predicted octanol–water partition coefficient (Wildman–Crippen LogP) is -0.626. The number of carboxylic acids is 1. The van der Waals surface area contributed by atoms with Crippen molar-refractivity contribution in [2.75, 3.05) is 5.75 Å². The topological polar surface area (TPSA) is 162 Å². The Morgan fingerprint density at radius 3 is 2.65 bits per heavy atom. The monoisotopic (exact) mass is 318 g/mol. The van der Waals surface area contributed by atoms with Crippen molar-refractivity contribution in [3.8, 4) is 0 Å². The summed E-state index contributed by atoms with van der Waals surface area (Å²) in [5.41, 5.74) is 5.58. The molecule has 1 heterocycles. The summed E-state index contributed by atoms with van der Waals surface area (Å²) in [6, 6.07) is 1.66. The second-order valence-corrected chi connectivity index (χ2v) is 6.42. The summed E-state index contributed by atoms with van der Waals surface area (Å²) in [5, 5.41) is 20.9. The molecular weight excluding hydrogens is 308 g/mol. The van der Waals surface area contributed by atoms with E-state index in [0.29, 0.717) is 4.90 Å². The molecule has 0 fully saturated rings. The number of nitrogens with two attached hydrogens (primary N) is 2. The molecule has 108 valence electrons. The highest BCUT2D eigenvalue weighted by Gasteiger charge is 2.20. The third-order valence-corrected chi connectivity index (χ3v) is 4.49. The number of aliphatic carboxylic acids is 1. The van der Waals surface area contributed by atoms with Crippen molar-refractivity contribution in [2.45, 2.75) is 15.8 Å². The molecule has 20 heavy (non-hydrogen) atoms. The first-order valence-corrected chi connectivity index (χ1v) is 7.73. The lowest BCUT2D eigenvalue weighted by molar-refractivity contribution is -0.137. The van der Waals surface area contributed by atoms with E-state index in [0.717, 1.165) is 11.8 Å². The minimum Gasteiger partial charge on any atom is -0.480 e. The van der Waals surface area contributed by atoms with Gasteiger partial charge in [-0.15, -0.1) is 11.8 Å². The SMILES string of the molecule is N[C@@H](CSc1ccc(S(N)(=O)=O)c2nonc12)C(=O)O. The fraction of sp³-hybridized carbons (Fsp3) is 0.222. The smallest absolute Gasteiger partial charge is 0.321 e. The fourth-order valence-corrected chi connectivity index (χ4v) is 3.02. The van der Waals surface area contributed by atoms with Crippen LogP contribution in [-0.2, 0) is 14.8 Å². The number of carboxylic acid groups (broad SMARTS) is 1. The Morgan fingerprint density at radius 1 is 1.40 bits per heavy atom. The Hall–Kier alpha value is -1.69. The zero-order valence-electron chi connectivity index (χ0n) is 9.88. The molecule has 1 aromatic carbocycles. The van der Waals surface area contributed by atoms with Gasteiger partial charge in [0.25, 0.3) is 0 Å². The number of thioether (sulfide) groups is 1. The van der Waals surface area contributed by atoms with Gasteiger partial charge in [-0.25, -0.2) is 18.2 Å². The number of nitrogens with zero attached hydrogens (tertiary/aromatic N) is 2. The van der Waals surface area contributed by atoms with Crippen LogP contribution in [0.25, 0.3) is 11.0 Å². The summed E-state index contributed by atoms with van der Waals surface area (Å²) in [7, 11) is -3.95. The van der Waals surface area contributed by atoms with Crippen LogP contribution in [0.15, 0.2) is 26.6 Å². The van der Waals surface area contributed by atoms with Gasteiger partial charge in [0.15, 0.2) is 5.52 Å². The van der Waals surface area contributed by atoms with Gasteiger partial charge < -0.3 is 10.8 Å². The Labute approximate surface area is 117 Å². The number of fused-ring (bicyclic) bond motifs is 1. The van der Waals surface area contributed by atoms with Crippen LogP contribution in [0.5, 0.6) is 0 Å². The molecule has 2 rings (SSSR count). The molecule has 1 aromatic heterocycles. The van der Waals surface area contributed by atoms with Crippen molar-refractivity contribution in [1.29, 1.82) is 0 Å². The van der Waals surface area contributed by atoms with Crippen LogP contribution in [0.2, 0.25) is 0 Å². The molecule has 5 N–H and O–H groups in total. The number of benzene rings is 1.